The van der Waals surface area contributed by atoms with Crippen molar-refractivity contribution < 1.29 is 9.59 Å². The maximum atomic E-state index is 12.9. The van der Waals surface area contributed by atoms with Crippen LogP contribution in [0.3, 0.4) is 0 Å². The third-order valence-electron chi connectivity index (χ3n) is 3.76. The molecule has 0 radical (unpaired) electrons. The maximum absolute atomic E-state index is 12.9. The van der Waals surface area contributed by atoms with Crippen LogP contribution < -0.4 is 10.2 Å². The molecule has 0 spiro atoms. The lowest BCUT2D eigenvalue weighted by atomic mass is 10.1. The fourth-order valence-corrected chi connectivity index (χ4v) is 2.70. The first-order chi connectivity index (χ1) is 11.7. The van der Waals surface area contributed by atoms with Gasteiger partial charge in [-0.15, -0.1) is 0 Å². The molecular formula is C17H13N5O2. The number of carbonyl (C=O) groups is 2. The second-order valence-corrected chi connectivity index (χ2v) is 5.31. The van der Waals surface area contributed by atoms with Crippen LogP contribution in [0.15, 0.2) is 61.3 Å². The molecule has 1 aliphatic heterocycles. The highest BCUT2D eigenvalue weighted by molar-refractivity contribution is 6.16. The number of aromatic nitrogens is 3. The van der Waals surface area contributed by atoms with Crippen molar-refractivity contribution in [2.24, 2.45) is 0 Å². The summed E-state index contributed by atoms with van der Waals surface area (Å²) >= 11 is 0. The van der Waals surface area contributed by atoms with Gasteiger partial charge in [0, 0.05) is 18.6 Å². The van der Waals surface area contributed by atoms with Crippen LogP contribution in [-0.2, 0) is 11.3 Å². The molecule has 3 heterocycles. The van der Waals surface area contributed by atoms with Gasteiger partial charge in [-0.1, -0.05) is 12.1 Å². The van der Waals surface area contributed by atoms with Crippen LogP contribution >= 0.6 is 0 Å². The summed E-state index contributed by atoms with van der Waals surface area (Å²) in [6.45, 7) is 0.0958. The first-order valence-electron chi connectivity index (χ1n) is 7.38. The Kier molecular flexibility index (Phi) is 3.31. The molecule has 2 amide bonds. The van der Waals surface area contributed by atoms with E-state index >= 15 is 0 Å². The molecule has 1 N–H and O–H groups in total. The molecule has 1 aliphatic rings. The van der Waals surface area contributed by atoms with Gasteiger partial charge in [0.15, 0.2) is 5.82 Å². The Hall–Kier alpha value is -3.48. The number of para-hydroxylation sites is 1. The lowest BCUT2D eigenvalue weighted by Crippen LogP contribution is -2.30. The first-order valence-corrected chi connectivity index (χ1v) is 7.38. The molecule has 1 aromatic carbocycles. The molecule has 0 aliphatic carbocycles. The predicted molar refractivity (Wildman–Crippen MR) is 88.0 cm³/mol. The number of carbonyl (C=O) groups excluding carboxylic acids is 2. The number of hydrogen-bond acceptors (Lipinski definition) is 4. The van der Waals surface area contributed by atoms with E-state index in [9.17, 15) is 9.59 Å². The van der Waals surface area contributed by atoms with Crippen LogP contribution in [0.2, 0.25) is 0 Å². The molecule has 0 atom stereocenters. The van der Waals surface area contributed by atoms with E-state index in [1.165, 1.54) is 4.90 Å². The number of nitrogens with zero attached hydrogens (tertiary/aromatic N) is 4. The Morgan fingerprint density at radius 2 is 2.00 bits per heavy atom. The minimum atomic E-state index is -0.266. The summed E-state index contributed by atoms with van der Waals surface area (Å²) in [5, 5.41) is 2.81. The van der Waals surface area contributed by atoms with E-state index in [2.05, 4.69) is 15.3 Å². The number of rotatable bonds is 2. The minimum absolute atomic E-state index is 0.0958. The molecule has 0 fully saturated rings. The van der Waals surface area contributed by atoms with Crippen molar-refractivity contribution >= 4 is 29.0 Å². The van der Waals surface area contributed by atoms with Crippen LogP contribution in [-0.4, -0.2) is 26.3 Å². The largest absolute Gasteiger partial charge is 0.328 e. The van der Waals surface area contributed by atoms with Gasteiger partial charge in [0.2, 0.25) is 0 Å². The summed E-state index contributed by atoms with van der Waals surface area (Å²) in [6.07, 6.45) is 6.49. The SMILES string of the molecule is O=C1Nc2cccnc2N(C(=O)Cn2ccnc2)c2ccccc21. The average Bonchev–Trinajstić information content (AvgIpc) is 3.05. The molecule has 0 saturated heterocycles. The van der Waals surface area contributed by atoms with Gasteiger partial charge in [-0.05, 0) is 24.3 Å². The Balaban J connectivity index is 1.86. The Bertz CT molecular complexity index is 920. The summed E-state index contributed by atoms with van der Waals surface area (Å²) in [5.41, 5.74) is 1.43. The molecule has 4 rings (SSSR count). The fraction of sp³-hybridized carbons (Fsp3) is 0.0588. The van der Waals surface area contributed by atoms with Crippen molar-refractivity contribution in [3.05, 3.63) is 66.9 Å². The Labute approximate surface area is 137 Å². The number of amides is 2. The zero-order valence-electron chi connectivity index (χ0n) is 12.6. The van der Waals surface area contributed by atoms with Crippen LogP contribution in [0.5, 0.6) is 0 Å². The van der Waals surface area contributed by atoms with Crippen molar-refractivity contribution in [3.8, 4) is 0 Å². The van der Waals surface area contributed by atoms with Gasteiger partial charge in [-0.2, -0.15) is 0 Å². The monoisotopic (exact) mass is 319 g/mol. The highest BCUT2D eigenvalue weighted by Gasteiger charge is 2.29. The van der Waals surface area contributed by atoms with E-state index in [0.717, 1.165) is 0 Å². The Morgan fingerprint density at radius 3 is 2.83 bits per heavy atom. The molecule has 2 aromatic heterocycles. The molecule has 0 unspecified atom stereocenters. The van der Waals surface area contributed by atoms with Crippen LogP contribution in [0.1, 0.15) is 10.4 Å². The second-order valence-electron chi connectivity index (χ2n) is 5.31. The van der Waals surface area contributed by atoms with Crippen molar-refractivity contribution in [3.63, 3.8) is 0 Å². The average molecular weight is 319 g/mol. The van der Waals surface area contributed by atoms with Crippen LogP contribution in [0.25, 0.3) is 0 Å². The summed E-state index contributed by atoms with van der Waals surface area (Å²) < 4.78 is 1.67. The van der Waals surface area contributed by atoms with Crippen molar-refractivity contribution in [1.29, 1.82) is 0 Å². The standard InChI is InChI=1S/C17H13N5O2/c23-15(10-21-9-8-18-11-21)22-14-6-2-1-4-12(14)17(24)20-13-5-3-7-19-16(13)22/h1-9,11H,10H2,(H,20,24). The number of fused-ring (bicyclic) bond motifs is 2. The zero-order valence-corrected chi connectivity index (χ0v) is 12.6. The summed E-state index contributed by atoms with van der Waals surface area (Å²) in [7, 11) is 0. The number of anilines is 3. The normalized spacial score (nSPS) is 12.8. The predicted octanol–water partition coefficient (Wildman–Crippen LogP) is 2.21. The van der Waals surface area contributed by atoms with Crippen LogP contribution in [0, 0.1) is 0 Å². The zero-order chi connectivity index (χ0) is 16.5. The topological polar surface area (TPSA) is 80.1 Å². The van der Waals surface area contributed by atoms with Gasteiger partial charge < -0.3 is 9.88 Å². The first kappa shape index (κ1) is 14.1. The fourth-order valence-electron chi connectivity index (χ4n) is 2.70. The molecule has 118 valence electrons. The molecule has 3 aromatic rings. The molecule has 0 bridgehead atoms. The van der Waals surface area contributed by atoms with Crippen LogP contribution in [0.4, 0.5) is 17.2 Å². The number of hydrogen-bond donors (Lipinski definition) is 1. The smallest absolute Gasteiger partial charge is 0.257 e. The van der Waals surface area contributed by atoms with Gasteiger partial charge >= 0.3 is 0 Å². The van der Waals surface area contributed by atoms with E-state index in [1.807, 2.05) is 0 Å². The lowest BCUT2D eigenvalue weighted by molar-refractivity contribution is -0.118. The molecular weight excluding hydrogens is 306 g/mol. The van der Waals surface area contributed by atoms with Crippen molar-refractivity contribution in [2.75, 3.05) is 10.2 Å². The van der Waals surface area contributed by atoms with Gasteiger partial charge in [0.05, 0.1) is 23.3 Å². The van der Waals surface area contributed by atoms with Gasteiger partial charge in [-0.3, -0.25) is 14.5 Å². The molecule has 7 nitrogen and oxygen atoms in total. The molecule has 24 heavy (non-hydrogen) atoms. The van der Waals surface area contributed by atoms with E-state index in [0.29, 0.717) is 22.8 Å². The molecule has 0 saturated carbocycles. The van der Waals surface area contributed by atoms with Crippen molar-refractivity contribution in [1.82, 2.24) is 14.5 Å². The third-order valence-corrected chi connectivity index (χ3v) is 3.76. The Morgan fingerprint density at radius 1 is 1.12 bits per heavy atom. The van der Waals surface area contributed by atoms with Gasteiger partial charge in [0.25, 0.3) is 11.8 Å². The van der Waals surface area contributed by atoms with E-state index < -0.39 is 0 Å². The maximum Gasteiger partial charge on any atom is 0.257 e. The second kappa shape index (κ2) is 5.62. The highest BCUT2D eigenvalue weighted by atomic mass is 16.2. The lowest BCUT2D eigenvalue weighted by Gasteiger charge is -2.22. The van der Waals surface area contributed by atoms with Gasteiger partial charge in [-0.25, -0.2) is 9.97 Å². The summed E-state index contributed by atoms with van der Waals surface area (Å²) in [4.78, 5) is 35.1. The molecule has 7 heteroatoms. The highest BCUT2D eigenvalue weighted by Crippen LogP contribution is 2.36. The number of pyridine rings is 1. The van der Waals surface area contributed by atoms with E-state index in [4.69, 9.17) is 0 Å². The third kappa shape index (κ3) is 2.32. The van der Waals surface area contributed by atoms with E-state index in [1.54, 1.807) is 65.9 Å². The summed E-state index contributed by atoms with van der Waals surface area (Å²) in [6, 6.07) is 10.4. The number of imidazole rings is 1. The number of nitrogens with one attached hydrogen (secondary N) is 1. The minimum Gasteiger partial charge on any atom is -0.328 e. The van der Waals surface area contributed by atoms with Crippen molar-refractivity contribution in [2.45, 2.75) is 6.54 Å². The van der Waals surface area contributed by atoms with Gasteiger partial charge in [0.1, 0.15) is 6.54 Å². The number of benzene rings is 1. The van der Waals surface area contributed by atoms with E-state index in [-0.39, 0.29) is 18.4 Å². The quantitative estimate of drug-likeness (QED) is 0.785. The summed E-state index contributed by atoms with van der Waals surface area (Å²) in [5.74, 6) is -0.0735.